The van der Waals surface area contributed by atoms with Crippen molar-refractivity contribution in [2.75, 3.05) is 0 Å². The van der Waals surface area contributed by atoms with Crippen molar-refractivity contribution < 1.29 is 0 Å². The first kappa shape index (κ1) is 11.1. The van der Waals surface area contributed by atoms with E-state index in [0.29, 0.717) is 6.54 Å². The summed E-state index contributed by atoms with van der Waals surface area (Å²) in [5.41, 5.74) is 12.1. The lowest BCUT2D eigenvalue weighted by Crippen LogP contribution is -1.96. The van der Waals surface area contributed by atoms with E-state index in [1.54, 1.807) is 0 Å². The molecule has 2 heterocycles. The Morgan fingerprint density at radius 3 is 2.61 bits per heavy atom. The summed E-state index contributed by atoms with van der Waals surface area (Å²) in [6.45, 7) is 2.70. The summed E-state index contributed by atoms with van der Waals surface area (Å²) in [6.07, 6.45) is 4.19. The fraction of sp³-hybridized carbons (Fsp3) is 0.125. The quantitative estimate of drug-likeness (QED) is 0.726. The number of benzene rings is 1. The lowest BCUT2D eigenvalue weighted by molar-refractivity contribution is 1.06. The highest BCUT2D eigenvalue weighted by Gasteiger charge is 2.12. The first-order chi connectivity index (χ1) is 8.81. The van der Waals surface area contributed by atoms with Crippen molar-refractivity contribution in [2.24, 2.45) is 5.73 Å². The molecule has 1 aromatic carbocycles. The van der Waals surface area contributed by atoms with Crippen LogP contribution >= 0.6 is 0 Å². The van der Waals surface area contributed by atoms with Crippen LogP contribution in [0.4, 0.5) is 0 Å². The second kappa shape index (κ2) is 4.31. The SMILES string of the molecule is Cc1ccccc1-c1c(CN)cn2ccccc12. The molecule has 18 heavy (non-hydrogen) atoms. The minimum absolute atomic E-state index is 0.561. The van der Waals surface area contributed by atoms with E-state index in [1.807, 2.05) is 6.07 Å². The Hall–Kier alpha value is -2.06. The summed E-state index contributed by atoms with van der Waals surface area (Å²) in [4.78, 5) is 0. The Morgan fingerprint density at radius 1 is 1.06 bits per heavy atom. The third-order valence-corrected chi connectivity index (χ3v) is 3.40. The van der Waals surface area contributed by atoms with Crippen LogP contribution < -0.4 is 5.73 Å². The molecule has 0 radical (unpaired) electrons. The minimum Gasteiger partial charge on any atom is -0.326 e. The molecular weight excluding hydrogens is 220 g/mol. The lowest BCUT2D eigenvalue weighted by Gasteiger charge is -2.07. The van der Waals surface area contributed by atoms with Gasteiger partial charge in [0.2, 0.25) is 0 Å². The molecule has 0 aliphatic rings. The molecule has 0 atom stereocenters. The Labute approximate surface area is 107 Å². The number of hydrogen-bond acceptors (Lipinski definition) is 1. The normalized spacial score (nSPS) is 11.0. The number of pyridine rings is 1. The van der Waals surface area contributed by atoms with Crippen LogP contribution in [0.1, 0.15) is 11.1 Å². The molecule has 0 bridgehead atoms. The van der Waals surface area contributed by atoms with Gasteiger partial charge in [-0.3, -0.25) is 0 Å². The van der Waals surface area contributed by atoms with Crippen molar-refractivity contribution >= 4 is 5.52 Å². The Balaban J connectivity index is 2.37. The molecule has 0 fully saturated rings. The van der Waals surface area contributed by atoms with Crippen LogP contribution in [0.5, 0.6) is 0 Å². The van der Waals surface area contributed by atoms with Gasteiger partial charge in [-0.05, 0) is 35.7 Å². The van der Waals surface area contributed by atoms with Gasteiger partial charge in [0.15, 0.2) is 0 Å². The van der Waals surface area contributed by atoms with Crippen LogP contribution in [0, 0.1) is 6.92 Å². The molecule has 90 valence electrons. The van der Waals surface area contributed by atoms with Crippen LogP contribution in [0.25, 0.3) is 16.6 Å². The van der Waals surface area contributed by atoms with Gasteiger partial charge in [-0.25, -0.2) is 0 Å². The Morgan fingerprint density at radius 2 is 1.83 bits per heavy atom. The van der Waals surface area contributed by atoms with Gasteiger partial charge in [-0.1, -0.05) is 30.3 Å². The van der Waals surface area contributed by atoms with Gasteiger partial charge < -0.3 is 10.1 Å². The van der Waals surface area contributed by atoms with E-state index in [4.69, 9.17) is 5.73 Å². The third-order valence-electron chi connectivity index (χ3n) is 3.40. The van der Waals surface area contributed by atoms with Gasteiger partial charge in [0.25, 0.3) is 0 Å². The largest absolute Gasteiger partial charge is 0.326 e. The number of nitrogens with two attached hydrogens (primary N) is 1. The van der Waals surface area contributed by atoms with E-state index in [2.05, 4.69) is 60.1 Å². The summed E-state index contributed by atoms with van der Waals surface area (Å²) in [7, 11) is 0. The molecule has 0 aliphatic carbocycles. The van der Waals surface area contributed by atoms with E-state index >= 15 is 0 Å². The lowest BCUT2D eigenvalue weighted by atomic mass is 9.98. The number of rotatable bonds is 2. The highest BCUT2D eigenvalue weighted by molar-refractivity contribution is 5.85. The summed E-state index contributed by atoms with van der Waals surface area (Å²) in [6, 6.07) is 14.7. The second-order valence-electron chi connectivity index (χ2n) is 4.54. The molecule has 0 spiro atoms. The maximum Gasteiger partial charge on any atom is 0.0531 e. The topological polar surface area (TPSA) is 30.4 Å². The molecule has 3 aromatic rings. The predicted molar refractivity (Wildman–Crippen MR) is 75.5 cm³/mol. The predicted octanol–water partition coefficient (Wildman–Crippen LogP) is 3.37. The van der Waals surface area contributed by atoms with Crippen molar-refractivity contribution in [2.45, 2.75) is 13.5 Å². The van der Waals surface area contributed by atoms with Crippen molar-refractivity contribution in [3.8, 4) is 11.1 Å². The maximum absolute atomic E-state index is 5.89. The summed E-state index contributed by atoms with van der Waals surface area (Å²) in [5, 5.41) is 0. The molecule has 0 aliphatic heterocycles. The zero-order valence-corrected chi connectivity index (χ0v) is 10.4. The molecule has 3 rings (SSSR count). The summed E-state index contributed by atoms with van der Waals surface area (Å²) < 4.78 is 2.14. The number of aryl methyl sites for hydroxylation is 1. The van der Waals surface area contributed by atoms with Crippen LogP contribution in [-0.4, -0.2) is 4.40 Å². The summed E-state index contributed by atoms with van der Waals surface area (Å²) in [5.74, 6) is 0. The van der Waals surface area contributed by atoms with E-state index in [1.165, 1.54) is 27.8 Å². The Bertz CT molecular complexity index is 695. The van der Waals surface area contributed by atoms with Crippen molar-refractivity contribution in [1.82, 2.24) is 4.40 Å². The zero-order chi connectivity index (χ0) is 12.5. The summed E-state index contributed by atoms with van der Waals surface area (Å²) >= 11 is 0. The second-order valence-corrected chi connectivity index (χ2v) is 4.54. The van der Waals surface area contributed by atoms with Gasteiger partial charge in [0.1, 0.15) is 0 Å². The van der Waals surface area contributed by atoms with E-state index < -0.39 is 0 Å². The highest BCUT2D eigenvalue weighted by atomic mass is 14.9. The fourth-order valence-corrected chi connectivity index (χ4v) is 2.50. The Kier molecular flexibility index (Phi) is 2.65. The minimum atomic E-state index is 0.561. The molecule has 2 aromatic heterocycles. The highest BCUT2D eigenvalue weighted by Crippen LogP contribution is 2.32. The molecule has 0 saturated heterocycles. The molecule has 0 unspecified atom stereocenters. The van der Waals surface area contributed by atoms with Crippen LogP contribution in [0.2, 0.25) is 0 Å². The smallest absolute Gasteiger partial charge is 0.0531 e. The van der Waals surface area contributed by atoms with E-state index in [0.717, 1.165) is 0 Å². The first-order valence-electron chi connectivity index (χ1n) is 6.16. The standard InChI is InChI=1S/C16H16N2/c1-12-6-2-3-7-14(12)16-13(10-17)11-18-9-5-4-8-15(16)18/h2-9,11H,10,17H2,1H3. The zero-order valence-electron chi connectivity index (χ0n) is 10.4. The van der Waals surface area contributed by atoms with Gasteiger partial charge >= 0.3 is 0 Å². The molecule has 2 N–H and O–H groups in total. The van der Waals surface area contributed by atoms with Crippen LogP contribution in [0.15, 0.2) is 54.9 Å². The van der Waals surface area contributed by atoms with Gasteiger partial charge in [-0.15, -0.1) is 0 Å². The van der Waals surface area contributed by atoms with Gasteiger partial charge in [0, 0.05) is 24.5 Å². The number of hydrogen-bond donors (Lipinski definition) is 1. The third kappa shape index (κ3) is 1.62. The van der Waals surface area contributed by atoms with Crippen LogP contribution in [0.3, 0.4) is 0 Å². The van der Waals surface area contributed by atoms with Crippen molar-refractivity contribution in [3.63, 3.8) is 0 Å². The maximum atomic E-state index is 5.89. The average molecular weight is 236 g/mol. The number of fused-ring (bicyclic) bond motifs is 1. The number of nitrogens with zero attached hydrogens (tertiary/aromatic N) is 1. The van der Waals surface area contributed by atoms with Crippen LogP contribution in [-0.2, 0) is 6.54 Å². The molecule has 2 nitrogen and oxygen atoms in total. The molecule has 0 amide bonds. The van der Waals surface area contributed by atoms with Gasteiger partial charge in [-0.2, -0.15) is 0 Å². The fourth-order valence-electron chi connectivity index (χ4n) is 2.50. The van der Waals surface area contributed by atoms with E-state index in [-0.39, 0.29) is 0 Å². The molecule has 2 heteroatoms. The van der Waals surface area contributed by atoms with Crippen molar-refractivity contribution in [3.05, 3.63) is 66.0 Å². The number of aromatic nitrogens is 1. The molecule has 0 saturated carbocycles. The molecular formula is C16H16N2. The first-order valence-corrected chi connectivity index (χ1v) is 6.16. The van der Waals surface area contributed by atoms with Crippen molar-refractivity contribution in [1.29, 1.82) is 0 Å². The monoisotopic (exact) mass is 236 g/mol. The van der Waals surface area contributed by atoms with Gasteiger partial charge in [0.05, 0.1) is 5.52 Å². The van der Waals surface area contributed by atoms with E-state index in [9.17, 15) is 0 Å². The average Bonchev–Trinajstić information content (AvgIpc) is 2.78.